The molecule has 2 aliphatic rings. The maximum Gasteiger partial charge on any atom is 0.306 e. The lowest BCUT2D eigenvalue weighted by molar-refractivity contribution is -0.146. The van der Waals surface area contributed by atoms with Crippen molar-refractivity contribution in [3.8, 4) is 0 Å². The Bertz CT molecular complexity index is 842. The van der Waals surface area contributed by atoms with Gasteiger partial charge in [-0.05, 0) is 55.6 Å². The molecule has 24 heavy (non-hydrogen) atoms. The highest BCUT2D eigenvalue weighted by atomic mass is 16.5. The number of fused-ring (bicyclic) bond motifs is 3. The number of aromatic nitrogens is 2. The molecule has 0 N–H and O–H groups in total. The molecule has 0 spiro atoms. The Labute approximate surface area is 140 Å². The highest BCUT2D eigenvalue weighted by Gasteiger charge is 2.40. The first-order chi connectivity index (χ1) is 11.6. The molecule has 4 rings (SSSR count). The summed E-state index contributed by atoms with van der Waals surface area (Å²) in [6.07, 6.45) is 7.27. The van der Waals surface area contributed by atoms with Crippen LogP contribution in [-0.4, -0.2) is 15.4 Å². The molecule has 2 heterocycles. The van der Waals surface area contributed by atoms with Crippen molar-refractivity contribution in [3.05, 3.63) is 46.0 Å². The maximum atomic E-state index is 12.1. The van der Waals surface area contributed by atoms with Crippen LogP contribution in [0.25, 0.3) is 5.65 Å². The summed E-state index contributed by atoms with van der Waals surface area (Å²) in [5, 5.41) is 0. The van der Waals surface area contributed by atoms with Gasteiger partial charge in [-0.15, -0.1) is 0 Å². The van der Waals surface area contributed by atoms with Gasteiger partial charge in [0.2, 0.25) is 0 Å². The van der Waals surface area contributed by atoms with Crippen molar-refractivity contribution < 1.29 is 9.53 Å². The smallest absolute Gasteiger partial charge is 0.306 e. The van der Waals surface area contributed by atoms with Crippen molar-refractivity contribution >= 4 is 11.6 Å². The Morgan fingerprint density at radius 3 is 3.00 bits per heavy atom. The van der Waals surface area contributed by atoms with Crippen LogP contribution in [0.1, 0.15) is 43.4 Å². The average molecular weight is 326 g/mol. The fourth-order valence-corrected chi connectivity index (χ4v) is 4.44. The standard InChI is InChI=1S/C19H22N2O3/c1-12-3-2-6-21-17(22)10-16(20-19(12)21)11-24-18(23)9-15-8-13-4-5-14(15)7-13/h2-3,6,10,13-15H,4-5,7-9,11H2,1H3/t13-,14+,15-/m0/s1. The van der Waals surface area contributed by atoms with Crippen LogP contribution in [-0.2, 0) is 16.1 Å². The van der Waals surface area contributed by atoms with Gasteiger partial charge < -0.3 is 4.74 Å². The van der Waals surface area contributed by atoms with Crippen molar-refractivity contribution in [3.63, 3.8) is 0 Å². The van der Waals surface area contributed by atoms with E-state index in [0.29, 0.717) is 29.6 Å². The van der Waals surface area contributed by atoms with E-state index in [0.717, 1.165) is 11.5 Å². The van der Waals surface area contributed by atoms with Gasteiger partial charge in [-0.25, -0.2) is 4.98 Å². The van der Waals surface area contributed by atoms with Gasteiger partial charge >= 0.3 is 5.97 Å². The third kappa shape index (κ3) is 2.83. The highest BCUT2D eigenvalue weighted by molar-refractivity contribution is 5.69. The van der Waals surface area contributed by atoms with Gasteiger partial charge in [0.05, 0.1) is 5.69 Å². The molecule has 2 bridgehead atoms. The summed E-state index contributed by atoms with van der Waals surface area (Å²) in [4.78, 5) is 28.7. The normalized spacial score (nSPS) is 25.3. The lowest BCUT2D eigenvalue weighted by Gasteiger charge is -2.20. The fourth-order valence-electron chi connectivity index (χ4n) is 4.44. The molecule has 126 valence electrons. The van der Waals surface area contributed by atoms with E-state index in [1.807, 2.05) is 19.1 Å². The van der Waals surface area contributed by atoms with Gasteiger partial charge in [0.15, 0.2) is 0 Å². The molecule has 0 aromatic carbocycles. The van der Waals surface area contributed by atoms with E-state index in [9.17, 15) is 9.59 Å². The van der Waals surface area contributed by atoms with Gasteiger partial charge in [-0.3, -0.25) is 14.0 Å². The minimum atomic E-state index is -0.167. The van der Waals surface area contributed by atoms with E-state index in [4.69, 9.17) is 4.74 Å². The van der Waals surface area contributed by atoms with Gasteiger partial charge in [-0.1, -0.05) is 12.5 Å². The van der Waals surface area contributed by atoms with E-state index in [1.54, 1.807) is 6.20 Å². The number of carbonyl (C=O) groups is 1. The van der Waals surface area contributed by atoms with Crippen molar-refractivity contribution in [2.45, 2.75) is 45.6 Å². The van der Waals surface area contributed by atoms with Crippen molar-refractivity contribution in [1.29, 1.82) is 0 Å². The highest BCUT2D eigenvalue weighted by Crippen LogP contribution is 2.49. The Morgan fingerprint density at radius 1 is 1.38 bits per heavy atom. The zero-order valence-corrected chi connectivity index (χ0v) is 13.9. The number of carbonyl (C=O) groups excluding carboxylic acids is 1. The number of rotatable bonds is 4. The summed E-state index contributed by atoms with van der Waals surface area (Å²) >= 11 is 0. The molecular weight excluding hydrogens is 304 g/mol. The predicted molar refractivity (Wildman–Crippen MR) is 89.6 cm³/mol. The summed E-state index contributed by atoms with van der Waals surface area (Å²) in [6.45, 7) is 1.98. The molecule has 0 amide bonds. The topological polar surface area (TPSA) is 60.7 Å². The summed E-state index contributed by atoms with van der Waals surface area (Å²) in [6, 6.07) is 5.17. The molecule has 3 atom stereocenters. The number of hydrogen-bond acceptors (Lipinski definition) is 4. The van der Waals surface area contributed by atoms with E-state index in [2.05, 4.69) is 4.98 Å². The van der Waals surface area contributed by atoms with E-state index in [-0.39, 0.29) is 18.1 Å². The molecule has 0 aliphatic heterocycles. The minimum absolute atomic E-state index is 0.0692. The Kier molecular flexibility index (Phi) is 3.87. The molecule has 2 aliphatic carbocycles. The number of esters is 1. The molecule has 2 aromatic heterocycles. The number of aryl methyl sites for hydroxylation is 1. The molecule has 0 saturated heterocycles. The van der Waals surface area contributed by atoms with E-state index < -0.39 is 0 Å². The predicted octanol–water partition coefficient (Wildman–Crippen LogP) is 2.87. The van der Waals surface area contributed by atoms with Crippen LogP contribution in [0.5, 0.6) is 0 Å². The van der Waals surface area contributed by atoms with Gasteiger partial charge in [-0.2, -0.15) is 0 Å². The van der Waals surface area contributed by atoms with Crippen LogP contribution in [0, 0.1) is 24.7 Å². The van der Waals surface area contributed by atoms with Crippen LogP contribution in [0.3, 0.4) is 0 Å². The minimum Gasteiger partial charge on any atom is -0.459 e. The molecule has 2 fully saturated rings. The number of ether oxygens (including phenoxy) is 1. The molecule has 0 unspecified atom stereocenters. The second kappa shape index (κ2) is 6.04. The lowest BCUT2D eigenvalue weighted by Crippen LogP contribution is -2.19. The van der Waals surface area contributed by atoms with Crippen molar-refractivity contribution in [1.82, 2.24) is 9.38 Å². The zero-order chi connectivity index (χ0) is 16.7. The summed E-state index contributed by atoms with van der Waals surface area (Å²) in [5.74, 6) is 1.87. The molecule has 5 nitrogen and oxygen atoms in total. The fraction of sp³-hybridized carbons (Fsp3) is 0.526. The summed E-state index contributed by atoms with van der Waals surface area (Å²) < 4.78 is 6.90. The average Bonchev–Trinajstić information content (AvgIpc) is 3.17. The summed E-state index contributed by atoms with van der Waals surface area (Å²) in [7, 11) is 0. The van der Waals surface area contributed by atoms with Crippen LogP contribution >= 0.6 is 0 Å². The number of nitrogens with zero attached hydrogens (tertiary/aromatic N) is 2. The van der Waals surface area contributed by atoms with Gasteiger partial charge in [0.1, 0.15) is 12.3 Å². The molecular formula is C19H22N2O3. The van der Waals surface area contributed by atoms with E-state index >= 15 is 0 Å². The van der Waals surface area contributed by atoms with Gasteiger partial charge in [0, 0.05) is 18.7 Å². The number of hydrogen-bond donors (Lipinski definition) is 0. The monoisotopic (exact) mass is 326 g/mol. The molecule has 2 aromatic rings. The Balaban J connectivity index is 1.42. The van der Waals surface area contributed by atoms with Crippen molar-refractivity contribution in [2.24, 2.45) is 17.8 Å². The maximum absolute atomic E-state index is 12.1. The first kappa shape index (κ1) is 15.4. The summed E-state index contributed by atoms with van der Waals surface area (Å²) in [5.41, 5.74) is 1.90. The first-order valence-electron chi connectivity index (χ1n) is 8.73. The second-order valence-corrected chi connectivity index (χ2v) is 7.27. The van der Waals surface area contributed by atoms with E-state index in [1.165, 1.54) is 36.2 Å². The number of pyridine rings is 1. The third-order valence-electron chi connectivity index (χ3n) is 5.63. The van der Waals surface area contributed by atoms with Crippen LogP contribution in [0.4, 0.5) is 0 Å². The first-order valence-corrected chi connectivity index (χ1v) is 8.73. The van der Waals surface area contributed by atoms with Crippen LogP contribution in [0.15, 0.2) is 29.2 Å². The zero-order valence-electron chi connectivity index (χ0n) is 13.9. The second-order valence-electron chi connectivity index (χ2n) is 7.27. The van der Waals surface area contributed by atoms with Crippen LogP contribution < -0.4 is 5.56 Å². The third-order valence-corrected chi connectivity index (χ3v) is 5.63. The Hall–Kier alpha value is -2.17. The largest absolute Gasteiger partial charge is 0.459 e. The molecule has 5 heteroatoms. The SMILES string of the molecule is Cc1cccn2c(=O)cc(COC(=O)C[C@@H]3C[C@H]4CC[C@@H]3C4)nc12. The van der Waals surface area contributed by atoms with Crippen molar-refractivity contribution in [2.75, 3.05) is 0 Å². The Morgan fingerprint density at radius 2 is 2.25 bits per heavy atom. The quantitative estimate of drug-likeness (QED) is 0.811. The van der Waals surface area contributed by atoms with Crippen LogP contribution in [0.2, 0.25) is 0 Å². The molecule has 0 radical (unpaired) electrons. The lowest BCUT2D eigenvalue weighted by atomic mass is 9.86. The molecule has 2 saturated carbocycles. The van der Waals surface area contributed by atoms with Gasteiger partial charge in [0.25, 0.3) is 5.56 Å².